The second kappa shape index (κ2) is 6.23. The van der Waals surface area contributed by atoms with Gasteiger partial charge in [0.25, 0.3) is 5.91 Å². The van der Waals surface area contributed by atoms with Gasteiger partial charge in [0.1, 0.15) is 12.2 Å². The van der Waals surface area contributed by atoms with Gasteiger partial charge in [-0.15, -0.1) is 0 Å². The third-order valence-electron chi connectivity index (χ3n) is 2.61. The van der Waals surface area contributed by atoms with Gasteiger partial charge in [-0.1, -0.05) is 13.8 Å². The van der Waals surface area contributed by atoms with E-state index >= 15 is 0 Å². The van der Waals surface area contributed by atoms with Crippen molar-refractivity contribution in [3.63, 3.8) is 0 Å². The number of carboxylic acids is 1. The second-order valence-electron chi connectivity index (χ2n) is 4.65. The smallest absolute Gasteiger partial charge is 0.323 e. The van der Waals surface area contributed by atoms with Crippen LogP contribution in [0.15, 0.2) is 18.3 Å². The number of carbonyl (C=O) groups is 2. The molecule has 100 valence electrons. The summed E-state index contributed by atoms with van der Waals surface area (Å²) in [5.74, 6) is -0.679. The van der Waals surface area contributed by atoms with E-state index in [2.05, 4.69) is 0 Å². The first-order chi connectivity index (χ1) is 8.45. The molecule has 0 saturated carbocycles. The predicted molar refractivity (Wildman–Crippen MR) is 68.5 cm³/mol. The average molecular weight is 252 g/mol. The highest BCUT2D eigenvalue weighted by atomic mass is 16.4. The van der Waals surface area contributed by atoms with E-state index in [0.717, 1.165) is 0 Å². The molecule has 5 heteroatoms. The van der Waals surface area contributed by atoms with Crippen molar-refractivity contribution in [1.82, 2.24) is 9.47 Å². The largest absolute Gasteiger partial charge is 0.480 e. The van der Waals surface area contributed by atoms with Gasteiger partial charge in [-0.25, -0.2) is 0 Å². The summed E-state index contributed by atoms with van der Waals surface area (Å²) in [5, 5.41) is 8.79. The summed E-state index contributed by atoms with van der Waals surface area (Å²) >= 11 is 0. The quantitative estimate of drug-likeness (QED) is 0.838. The van der Waals surface area contributed by atoms with Gasteiger partial charge in [0.15, 0.2) is 0 Å². The van der Waals surface area contributed by atoms with Crippen LogP contribution in [-0.4, -0.2) is 39.5 Å². The zero-order valence-electron chi connectivity index (χ0n) is 11.1. The molecule has 0 saturated heterocycles. The highest BCUT2D eigenvalue weighted by Crippen LogP contribution is 2.09. The van der Waals surface area contributed by atoms with E-state index in [4.69, 9.17) is 5.11 Å². The number of aliphatic carboxylic acids is 1. The number of hydrogen-bond donors (Lipinski definition) is 1. The molecule has 1 amide bonds. The molecule has 0 aliphatic heterocycles. The fourth-order valence-electron chi connectivity index (χ4n) is 1.85. The third-order valence-corrected chi connectivity index (χ3v) is 2.61. The van der Waals surface area contributed by atoms with Gasteiger partial charge < -0.3 is 14.6 Å². The number of aromatic nitrogens is 1. The van der Waals surface area contributed by atoms with Gasteiger partial charge in [0, 0.05) is 19.3 Å². The first-order valence-corrected chi connectivity index (χ1v) is 6.11. The fraction of sp³-hybridized carbons (Fsp3) is 0.538. The van der Waals surface area contributed by atoms with E-state index in [1.165, 1.54) is 4.57 Å². The maximum absolute atomic E-state index is 12.3. The SMILES string of the molecule is CCN(CC(C)C)C(=O)c1cccn1CC(=O)O. The molecule has 0 aliphatic carbocycles. The fourth-order valence-corrected chi connectivity index (χ4v) is 1.85. The van der Waals surface area contributed by atoms with Crippen molar-refractivity contribution in [2.24, 2.45) is 5.92 Å². The van der Waals surface area contributed by atoms with E-state index in [-0.39, 0.29) is 12.5 Å². The lowest BCUT2D eigenvalue weighted by molar-refractivity contribution is -0.137. The molecule has 0 unspecified atom stereocenters. The molecule has 1 rings (SSSR count). The summed E-state index contributed by atoms with van der Waals surface area (Å²) in [6.07, 6.45) is 1.62. The lowest BCUT2D eigenvalue weighted by Crippen LogP contribution is -2.35. The molecule has 0 atom stereocenters. The minimum atomic E-state index is -0.952. The van der Waals surface area contributed by atoms with Crippen LogP contribution >= 0.6 is 0 Å². The molecule has 0 aromatic carbocycles. The van der Waals surface area contributed by atoms with Crippen molar-refractivity contribution in [1.29, 1.82) is 0 Å². The summed E-state index contributed by atoms with van der Waals surface area (Å²) in [4.78, 5) is 24.7. The van der Waals surface area contributed by atoms with Crippen LogP contribution in [0.5, 0.6) is 0 Å². The summed E-state index contributed by atoms with van der Waals surface area (Å²) in [6.45, 7) is 7.12. The Balaban J connectivity index is 2.88. The second-order valence-corrected chi connectivity index (χ2v) is 4.65. The standard InChI is InChI=1S/C13H20N2O3/c1-4-14(8-10(2)3)13(18)11-6-5-7-15(11)9-12(16)17/h5-7,10H,4,8-9H2,1-3H3,(H,16,17). The van der Waals surface area contributed by atoms with Crippen molar-refractivity contribution in [2.75, 3.05) is 13.1 Å². The Kier molecular flexibility index (Phi) is 4.95. The van der Waals surface area contributed by atoms with Crippen LogP contribution in [0.2, 0.25) is 0 Å². The average Bonchev–Trinajstić information content (AvgIpc) is 2.71. The Morgan fingerprint density at radius 3 is 2.61 bits per heavy atom. The van der Waals surface area contributed by atoms with E-state index in [1.54, 1.807) is 23.2 Å². The van der Waals surface area contributed by atoms with E-state index in [0.29, 0.717) is 24.7 Å². The molecule has 0 fully saturated rings. The molecule has 1 aromatic rings. The van der Waals surface area contributed by atoms with Gasteiger partial charge in [-0.2, -0.15) is 0 Å². The van der Waals surface area contributed by atoms with Gasteiger partial charge in [0.05, 0.1) is 0 Å². The summed E-state index contributed by atoms with van der Waals surface area (Å²) in [6, 6.07) is 3.35. The number of rotatable bonds is 6. The van der Waals surface area contributed by atoms with Gasteiger partial charge >= 0.3 is 5.97 Å². The maximum Gasteiger partial charge on any atom is 0.323 e. The molecule has 1 N–H and O–H groups in total. The lowest BCUT2D eigenvalue weighted by Gasteiger charge is -2.23. The topological polar surface area (TPSA) is 62.5 Å². The molecule has 1 heterocycles. The Morgan fingerprint density at radius 1 is 1.44 bits per heavy atom. The van der Waals surface area contributed by atoms with Gasteiger partial charge in [0.2, 0.25) is 0 Å². The van der Waals surface area contributed by atoms with Crippen LogP contribution in [-0.2, 0) is 11.3 Å². The van der Waals surface area contributed by atoms with Crippen molar-refractivity contribution in [2.45, 2.75) is 27.3 Å². The first-order valence-electron chi connectivity index (χ1n) is 6.11. The predicted octanol–water partition coefficient (Wildman–Crippen LogP) is 1.69. The van der Waals surface area contributed by atoms with Crippen molar-refractivity contribution >= 4 is 11.9 Å². The number of carbonyl (C=O) groups excluding carboxylic acids is 1. The lowest BCUT2D eigenvalue weighted by atomic mass is 10.2. The molecule has 5 nitrogen and oxygen atoms in total. The Bertz CT molecular complexity index is 424. The van der Waals surface area contributed by atoms with Crippen LogP contribution in [0.4, 0.5) is 0 Å². The van der Waals surface area contributed by atoms with Crippen molar-refractivity contribution < 1.29 is 14.7 Å². The number of nitrogens with zero attached hydrogens (tertiary/aromatic N) is 2. The van der Waals surface area contributed by atoms with E-state index in [9.17, 15) is 9.59 Å². The highest BCUT2D eigenvalue weighted by molar-refractivity contribution is 5.93. The Morgan fingerprint density at radius 2 is 2.11 bits per heavy atom. The van der Waals surface area contributed by atoms with Crippen molar-refractivity contribution in [3.8, 4) is 0 Å². The Hall–Kier alpha value is -1.78. The molecule has 0 bridgehead atoms. The zero-order valence-corrected chi connectivity index (χ0v) is 11.1. The van der Waals surface area contributed by atoms with E-state index < -0.39 is 5.97 Å². The molecule has 0 radical (unpaired) electrons. The van der Waals surface area contributed by atoms with Gasteiger partial charge in [-0.3, -0.25) is 9.59 Å². The third kappa shape index (κ3) is 3.61. The normalized spacial score (nSPS) is 10.7. The molecular weight excluding hydrogens is 232 g/mol. The molecule has 0 aliphatic rings. The molecule has 0 spiro atoms. The maximum atomic E-state index is 12.3. The van der Waals surface area contributed by atoms with Crippen LogP contribution in [0.25, 0.3) is 0 Å². The van der Waals surface area contributed by atoms with E-state index in [1.807, 2.05) is 20.8 Å². The van der Waals surface area contributed by atoms with Crippen LogP contribution in [0.1, 0.15) is 31.3 Å². The van der Waals surface area contributed by atoms with Crippen LogP contribution in [0.3, 0.4) is 0 Å². The van der Waals surface area contributed by atoms with Gasteiger partial charge in [-0.05, 0) is 25.0 Å². The Labute approximate surface area is 107 Å². The molecular formula is C13H20N2O3. The van der Waals surface area contributed by atoms with Crippen LogP contribution in [0, 0.1) is 5.92 Å². The first kappa shape index (κ1) is 14.3. The molecule has 1 aromatic heterocycles. The summed E-state index contributed by atoms with van der Waals surface area (Å²) in [5.41, 5.74) is 0.430. The molecule has 18 heavy (non-hydrogen) atoms. The summed E-state index contributed by atoms with van der Waals surface area (Å²) < 4.78 is 1.47. The minimum Gasteiger partial charge on any atom is -0.480 e. The highest BCUT2D eigenvalue weighted by Gasteiger charge is 2.19. The zero-order chi connectivity index (χ0) is 13.7. The van der Waals surface area contributed by atoms with Crippen molar-refractivity contribution in [3.05, 3.63) is 24.0 Å². The number of amides is 1. The monoisotopic (exact) mass is 252 g/mol. The summed E-state index contributed by atoms with van der Waals surface area (Å²) in [7, 11) is 0. The minimum absolute atomic E-state index is 0.113. The van der Waals surface area contributed by atoms with Crippen LogP contribution < -0.4 is 0 Å². The number of hydrogen-bond acceptors (Lipinski definition) is 2. The number of carboxylic acid groups (broad SMARTS) is 1.